The maximum atomic E-state index is 4.51. The molecule has 0 aliphatic carbocycles. The van der Waals surface area contributed by atoms with Crippen LogP contribution in [0.25, 0.3) is 16.9 Å². The van der Waals surface area contributed by atoms with Crippen molar-refractivity contribution in [1.82, 2.24) is 19.6 Å². The molecule has 2 aromatic heterocycles. The highest BCUT2D eigenvalue weighted by Gasteiger charge is 2.12. The number of nitrogens with zero attached hydrogens (tertiary/aromatic N) is 4. The fourth-order valence-corrected chi connectivity index (χ4v) is 2.69. The summed E-state index contributed by atoms with van der Waals surface area (Å²) in [5.74, 6) is 0.642. The Labute approximate surface area is 112 Å². The Morgan fingerprint density at radius 1 is 1.00 bits per heavy atom. The van der Waals surface area contributed by atoms with Gasteiger partial charge < -0.3 is 0 Å². The smallest absolute Gasteiger partial charge is 0.216 e. The highest BCUT2D eigenvalue weighted by atomic mass is 15.3. The topological polar surface area (TPSA) is 43.1 Å². The summed E-state index contributed by atoms with van der Waals surface area (Å²) >= 11 is 0. The second-order valence-corrected chi connectivity index (χ2v) is 5.02. The van der Waals surface area contributed by atoms with Crippen molar-refractivity contribution in [3.63, 3.8) is 0 Å². The van der Waals surface area contributed by atoms with Crippen LogP contribution in [-0.4, -0.2) is 19.6 Å². The van der Waals surface area contributed by atoms with E-state index < -0.39 is 0 Å². The molecule has 96 valence electrons. The molecule has 0 atom stereocenters. The maximum Gasteiger partial charge on any atom is 0.252 e. The van der Waals surface area contributed by atoms with Crippen LogP contribution in [0.1, 0.15) is 22.4 Å². The van der Waals surface area contributed by atoms with Gasteiger partial charge in [0.1, 0.15) is 6.33 Å². The second-order valence-electron chi connectivity index (χ2n) is 5.02. The lowest BCUT2D eigenvalue weighted by Crippen LogP contribution is -1.99. The van der Waals surface area contributed by atoms with Gasteiger partial charge >= 0.3 is 0 Å². The number of aromatic nitrogens is 4. The third-order valence-electron chi connectivity index (χ3n) is 3.41. The van der Waals surface area contributed by atoms with Crippen LogP contribution in [0.3, 0.4) is 0 Å². The molecule has 0 spiro atoms. The van der Waals surface area contributed by atoms with E-state index in [1.165, 1.54) is 28.6 Å². The lowest BCUT2D eigenvalue weighted by Gasteiger charge is -2.13. The Morgan fingerprint density at radius 3 is 2.37 bits per heavy atom. The Kier molecular flexibility index (Phi) is 2.59. The molecule has 2 heterocycles. The van der Waals surface area contributed by atoms with Crippen molar-refractivity contribution in [3.8, 4) is 11.1 Å². The first-order valence-electron chi connectivity index (χ1n) is 6.31. The first-order chi connectivity index (χ1) is 9.06. The molecule has 3 rings (SSSR count). The Balaban J connectivity index is 2.32. The first-order valence-corrected chi connectivity index (χ1v) is 6.31. The Hall–Kier alpha value is -2.23. The van der Waals surface area contributed by atoms with E-state index in [2.05, 4.69) is 48.0 Å². The van der Waals surface area contributed by atoms with Crippen LogP contribution < -0.4 is 0 Å². The third kappa shape index (κ3) is 1.89. The van der Waals surface area contributed by atoms with E-state index in [1.807, 2.05) is 13.1 Å². The minimum Gasteiger partial charge on any atom is -0.216 e. The zero-order valence-electron chi connectivity index (χ0n) is 11.6. The molecule has 0 N–H and O–H groups in total. The van der Waals surface area contributed by atoms with Gasteiger partial charge in [-0.1, -0.05) is 17.7 Å². The van der Waals surface area contributed by atoms with Crippen molar-refractivity contribution in [2.45, 2.75) is 27.7 Å². The standard InChI is InChI=1S/C15H16N4/c1-9-5-10(2)14(11(3)6-9)13-7-19-15(16-8-17-19)18-12(13)4/h5-8H,1-4H3. The molecule has 0 bridgehead atoms. The van der Waals surface area contributed by atoms with E-state index in [0.717, 1.165) is 11.3 Å². The summed E-state index contributed by atoms with van der Waals surface area (Å²) in [4.78, 5) is 8.62. The average Bonchev–Trinajstić information content (AvgIpc) is 2.74. The fraction of sp³-hybridized carbons (Fsp3) is 0.267. The number of hydrogen-bond donors (Lipinski definition) is 0. The molecule has 1 aromatic carbocycles. The normalized spacial score (nSPS) is 11.2. The summed E-state index contributed by atoms with van der Waals surface area (Å²) in [5.41, 5.74) is 7.16. The van der Waals surface area contributed by atoms with Crippen molar-refractivity contribution in [1.29, 1.82) is 0 Å². The van der Waals surface area contributed by atoms with Gasteiger partial charge in [0.05, 0.1) is 5.69 Å². The molecule has 0 aliphatic heterocycles. The first kappa shape index (κ1) is 11.8. The minimum atomic E-state index is 0.642. The number of rotatable bonds is 1. The van der Waals surface area contributed by atoms with Crippen LogP contribution in [0.5, 0.6) is 0 Å². The van der Waals surface area contributed by atoms with Crippen LogP contribution in [0, 0.1) is 27.7 Å². The van der Waals surface area contributed by atoms with Gasteiger partial charge in [0, 0.05) is 11.8 Å². The average molecular weight is 252 g/mol. The maximum absolute atomic E-state index is 4.51. The summed E-state index contributed by atoms with van der Waals surface area (Å²) in [7, 11) is 0. The largest absolute Gasteiger partial charge is 0.252 e. The number of aryl methyl sites for hydroxylation is 4. The number of hydrogen-bond acceptors (Lipinski definition) is 3. The lowest BCUT2D eigenvalue weighted by molar-refractivity contribution is 0.930. The van der Waals surface area contributed by atoms with Crippen LogP contribution in [0.4, 0.5) is 0 Å². The van der Waals surface area contributed by atoms with Gasteiger partial charge in [-0.25, -0.2) is 9.50 Å². The minimum absolute atomic E-state index is 0.642. The molecule has 4 heteroatoms. The van der Waals surface area contributed by atoms with Crippen molar-refractivity contribution in [2.24, 2.45) is 0 Å². The molecule has 0 saturated carbocycles. The van der Waals surface area contributed by atoms with E-state index in [-0.39, 0.29) is 0 Å². The van der Waals surface area contributed by atoms with Crippen LogP contribution in [0.2, 0.25) is 0 Å². The molecule has 0 amide bonds. The molecular formula is C15H16N4. The summed E-state index contributed by atoms with van der Waals surface area (Å²) in [6.07, 6.45) is 3.54. The van der Waals surface area contributed by atoms with Crippen molar-refractivity contribution in [2.75, 3.05) is 0 Å². The van der Waals surface area contributed by atoms with Crippen molar-refractivity contribution in [3.05, 3.63) is 47.0 Å². The molecule has 0 fully saturated rings. The molecule has 3 aromatic rings. The highest BCUT2D eigenvalue weighted by Crippen LogP contribution is 2.30. The van der Waals surface area contributed by atoms with Gasteiger partial charge in [0.15, 0.2) is 0 Å². The molecule has 19 heavy (non-hydrogen) atoms. The molecule has 0 radical (unpaired) electrons. The fourth-order valence-electron chi connectivity index (χ4n) is 2.69. The summed E-state index contributed by atoms with van der Waals surface area (Å²) < 4.78 is 1.72. The SMILES string of the molecule is Cc1cc(C)c(-c2cn3ncnc3nc2C)c(C)c1. The summed E-state index contributed by atoms with van der Waals surface area (Å²) in [5, 5.41) is 4.17. The van der Waals surface area contributed by atoms with Crippen LogP contribution in [-0.2, 0) is 0 Å². The summed E-state index contributed by atoms with van der Waals surface area (Å²) in [6.45, 7) is 8.42. The molecule has 4 nitrogen and oxygen atoms in total. The highest BCUT2D eigenvalue weighted by molar-refractivity contribution is 5.73. The predicted octanol–water partition coefficient (Wildman–Crippen LogP) is 3.02. The van der Waals surface area contributed by atoms with Crippen LogP contribution >= 0.6 is 0 Å². The Bertz CT molecular complexity index is 748. The van der Waals surface area contributed by atoms with Gasteiger partial charge in [0.25, 0.3) is 5.78 Å². The summed E-state index contributed by atoms with van der Waals surface area (Å²) in [6, 6.07) is 4.40. The van der Waals surface area contributed by atoms with Gasteiger partial charge in [-0.05, 0) is 44.4 Å². The van der Waals surface area contributed by atoms with E-state index in [1.54, 1.807) is 4.52 Å². The Morgan fingerprint density at radius 2 is 1.68 bits per heavy atom. The number of fused-ring (bicyclic) bond motifs is 1. The third-order valence-corrected chi connectivity index (χ3v) is 3.41. The molecule has 0 saturated heterocycles. The quantitative estimate of drug-likeness (QED) is 0.668. The molecule has 0 unspecified atom stereocenters. The number of benzene rings is 1. The zero-order valence-corrected chi connectivity index (χ0v) is 11.6. The van der Waals surface area contributed by atoms with Gasteiger partial charge in [-0.15, -0.1) is 0 Å². The molecular weight excluding hydrogens is 236 g/mol. The van der Waals surface area contributed by atoms with Gasteiger partial charge in [-0.3, -0.25) is 0 Å². The van der Waals surface area contributed by atoms with Crippen molar-refractivity contribution >= 4 is 5.78 Å². The van der Waals surface area contributed by atoms with E-state index in [0.29, 0.717) is 5.78 Å². The predicted molar refractivity (Wildman–Crippen MR) is 75.2 cm³/mol. The second kappa shape index (κ2) is 4.16. The van der Waals surface area contributed by atoms with E-state index in [9.17, 15) is 0 Å². The van der Waals surface area contributed by atoms with Crippen molar-refractivity contribution < 1.29 is 0 Å². The molecule has 0 aliphatic rings. The van der Waals surface area contributed by atoms with Gasteiger partial charge in [0.2, 0.25) is 0 Å². The zero-order chi connectivity index (χ0) is 13.6. The van der Waals surface area contributed by atoms with E-state index in [4.69, 9.17) is 0 Å². The monoisotopic (exact) mass is 252 g/mol. The van der Waals surface area contributed by atoms with Gasteiger partial charge in [-0.2, -0.15) is 10.1 Å². The van der Waals surface area contributed by atoms with Crippen LogP contribution in [0.15, 0.2) is 24.7 Å². The lowest BCUT2D eigenvalue weighted by atomic mass is 9.94. The van der Waals surface area contributed by atoms with E-state index >= 15 is 0 Å².